The summed E-state index contributed by atoms with van der Waals surface area (Å²) in [4.78, 5) is 0. The van der Waals surface area contributed by atoms with Crippen LogP contribution in [0.3, 0.4) is 0 Å². The second-order valence-electron chi connectivity index (χ2n) is 4.56. The molecule has 0 spiro atoms. The van der Waals surface area contributed by atoms with Crippen molar-refractivity contribution in [1.82, 2.24) is 4.57 Å². The monoisotopic (exact) mass is 248 g/mol. The average Bonchev–Trinajstić information content (AvgIpc) is 2.74. The minimum Gasteiger partial charge on any atom is -0.497 e. The summed E-state index contributed by atoms with van der Waals surface area (Å²) in [5, 5.41) is 1.12. The third-order valence-corrected chi connectivity index (χ3v) is 3.40. The third-order valence-electron chi connectivity index (χ3n) is 3.40. The van der Waals surface area contributed by atoms with Crippen LogP contribution >= 0.6 is 0 Å². The molecule has 0 fully saturated rings. The lowest BCUT2D eigenvalue weighted by Gasteiger charge is -2.11. The average molecular weight is 248 g/mol. The molecule has 0 saturated carbocycles. The summed E-state index contributed by atoms with van der Waals surface area (Å²) >= 11 is 0. The number of ether oxygens (including phenoxy) is 2. The zero-order chi connectivity index (χ0) is 13.3. The lowest BCUT2D eigenvalue weighted by atomic mass is 10.00. The van der Waals surface area contributed by atoms with Gasteiger partial charge < -0.3 is 19.8 Å². The third kappa shape index (κ3) is 1.93. The van der Waals surface area contributed by atoms with E-state index in [2.05, 4.69) is 17.7 Å². The smallest absolute Gasteiger partial charge is 0.132 e. The van der Waals surface area contributed by atoms with E-state index in [1.54, 1.807) is 14.2 Å². The highest BCUT2D eigenvalue weighted by molar-refractivity contribution is 5.91. The largest absolute Gasteiger partial charge is 0.497 e. The van der Waals surface area contributed by atoms with Crippen LogP contribution in [0.5, 0.6) is 11.5 Å². The zero-order valence-electron chi connectivity index (χ0n) is 11.4. The Balaban J connectivity index is 2.76. The van der Waals surface area contributed by atoms with Crippen LogP contribution in [-0.2, 0) is 7.05 Å². The van der Waals surface area contributed by atoms with E-state index in [-0.39, 0.29) is 0 Å². The summed E-state index contributed by atoms with van der Waals surface area (Å²) in [6.07, 6.45) is 2.12. The Kier molecular flexibility index (Phi) is 3.48. The second-order valence-corrected chi connectivity index (χ2v) is 4.56. The number of nitrogens with zero attached hydrogens (tertiary/aromatic N) is 1. The van der Waals surface area contributed by atoms with Crippen LogP contribution in [0.15, 0.2) is 18.3 Å². The molecule has 18 heavy (non-hydrogen) atoms. The fourth-order valence-electron chi connectivity index (χ4n) is 2.27. The van der Waals surface area contributed by atoms with E-state index in [1.807, 2.05) is 19.2 Å². The van der Waals surface area contributed by atoms with Gasteiger partial charge in [-0.15, -0.1) is 0 Å². The van der Waals surface area contributed by atoms with Gasteiger partial charge in [0.25, 0.3) is 0 Å². The van der Waals surface area contributed by atoms with Crippen LogP contribution in [0, 0.1) is 0 Å². The Morgan fingerprint density at radius 3 is 2.56 bits per heavy atom. The molecule has 4 heteroatoms. The van der Waals surface area contributed by atoms with Gasteiger partial charge in [-0.1, -0.05) is 6.92 Å². The molecule has 2 N–H and O–H groups in total. The number of fused-ring (bicyclic) bond motifs is 1. The maximum Gasteiger partial charge on any atom is 0.132 e. The molecular weight excluding hydrogens is 228 g/mol. The molecule has 0 bridgehead atoms. The number of benzene rings is 1. The minimum absolute atomic E-state index is 0.302. The number of aryl methyl sites for hydroxylation is 1. The maximum atomic E-state index is 5.78. The molecule has 2 aromatic rings. The molecule has 0 radical (unpaired) electrons. The first kappa shape index (κ1) is 12.8. The van der Waals surface area contributed by atoms with Crippen molar-refractivity contribution in [3.63, 3.8) is 0 Å². The fourth-order valence-corrected chi connectivity index (χ4v) is 2.27. The summed E-state index contributed by atoms with van der Waals surface area (Å²) in [6.45, 7) is 2.74. The van der Waals surface area contributed by atoms with E-state index in [4.69, 9.17) is 15.2 Å². The first-order valence-corrected chi connectivity index (χ1v) is 6.03. The van der Waals surface area contributed by atoms with Crippen molar-refractivity contribution >= 4 is 10.9 Å². The molecular formula is C14H20N2O2. The fraction of sp³-hybridized carbons (Fsp3) is 0.429. The molecule has 0 aliphatic rings. The van der Waals surface area contributed by atoms with Gasteiger partial charge in [0.2, 0.25) is 0 Å². The van der Waals surface area contributed by atoms with Crippen molar-refractivity contribution in [3.8, 4) is 11.5 Å². The molecule has 1 heterocycles. The van der Waals surface area contributed by atoms with E-state index in [1.165, 1.54) is 5.56 Å². The van der Waals surface area contributed by atoms with Crippen LogP contribution in [0.1, 0.15) is 18.4 Å². The summed E-state index contributed by atoms with van der Waals surface area (Å²) in [7, 11) is 5.36. The van der Waals surface area contributed by atoms with Crippen LogP contribution in [0.2, 0.25) is 0 Å². The summed E-state index contributed by atoms with van der Waals surface area (Å²) in [6, 6.07) is 3.93. The van der Waals surface area contributed by atoms with E-state index >= 15 is 0 Å². The molecule has 0 amide bonds. The van der Waals surface area contributed by atoms with Gasteiger partial charge in [-0.2, -0.15) is 0 Å². The van der Waals surface area contributed by atoms with E-state index in [9.17, 15) is 0 Å². The molecule has 1 atom stereocenters. The molecule has 0 aliphatic heterocycles. The Labute approximate surface area is 107 Å². The number of nitrogens with two attached hydrogens (primary N) is 1. The SMILES string of the molecule is COc1cc(OC)c2c(C(C)CN)cn(C)c2c1. The second kappa shape index (κ2) is 4.90. The Morgan fingerprint density at radius 1 is 1.28 bits per heavy atom. The number of rotatable bonds is 4. The minimum atomic E-state index is 0.302. The Morgan fingerprint density at radius 2 is 2.00 bits per heavy atom. The normalized spacial score (nSPS) is 12.7. The first-order chi connectivity index (χ1) is 8.62. The van der Waals surface area contributed by atoms with Crippen molar-refractivity contribution in [2.24, 2.45) is 12.8 Å². The molecule has 0 aliphatic carbocycles. The number of aromatic nitrogens is 1. The van der Waals surface area contributed by atoms with Gasteiger partial charge >= 0.3 is 0 Å². The van der Waals surface area contributed by atoms with Gasteiger partial charge in [0.1, 0.15) is 11.5 Å². The van der Waals surface area contributed by atoms with Crippen molar-refractivity contribution in [2.45, 2.75) is 12.8 Å². The van der Waals surface area contributed by atoms with Gasteiger partial charge in [-0.3, -0.25) is 0 Å². The zero-order valence-corrected chi connectivity index (χ0v) is 11.4. The molecule has 98 valence electrons. The Bertz CT molecular complexity index is 560. The van der Waals surface area contributed by atoms with Crippen LogP contribution < -0.4 is 15.2 Å². The van der Waals surface area contributed by atoms with Gasteiger partial charge in [-0.25, -0.2) is 0 Å². The van der Waals surface area contributed by atoms with Crippen LogP contribution in [0.4, 0.5) is 0 Å². The van der Waals surface area contributed by atoms with Crippen LogP contribution in [-0.4, -0.2) is 25.3 Å². The van der Waals surface area contributed by atoms with Crippen molar-refractivity contribution in [2.75, 3.05) is 20.8 Å². The molecule has 4 nitrogen and oxygen atoms in total. The highest BCUT2D eigenvalue weighted by Gasteiger charge is 2.17. The standard InChI is InChI=1S/C14H20N2O2/c1-9(7-15)11-8-16(2)12-5-10(17-3)6-13(18-4)14(11)12/h5-6,8-9H,7,15H2,1-4H3. The van der Waals surface area contributed by atoms with Gasteiger partial charge in [0, 0.05) is 30.8 Å². The molecule has 0 saturated heterocycles. The quantitative estimate of drug-likeness (QED) is 0.903. The summed E-state index contributed by atoms with van der Waals surface area (Å²) in [5.41, 5.74) is 8.09. The van der Waals surface area contributed by atoms with Crippen molar-refractivity contribution in [1.29, 1.82) is 0 Å². The van der Waals surface area contributed by atoms with Crippen molar-refractivity contribution < 1.29 is 9.47 Å². The summed E-state index contributed by atoms with van der Waals surface area (Å²) in [5.74, 6) is 1.93. The number of hydrogen-bond acceptors (Lipinski definition) is 3. The lowest BCUT2D eigenvalue weighted by molar-refractivity contribution is 0.397. The number of hydrogen-bond donors (Lipinski definition) is 1. The van der Waals surface area contributed by atoms with Gasteiger partial charge in [0.15, 0.2) is 0 Å². The van der Waals surface area contributed by atoms with Gasteiger partial charge in [0.05, 0.1) is 19.7 Å². The predicted octanol–water partition coefficient (Wildman–Crippen LogP) is 2.26. The predicted molar refractivity (Wildman–Crippen MR) is 73.5 cm³/mol. The van der Waals surface area contributed by atoms with E-state index in [0.29, 0.717) is 12.5 Å². The van der Waals surface area contributed by atoms with E-state index < -0.39 is 0 Å². The molecule has 1 aromatic carbocycles. The first-order valence-electron chi connectivity index (χ1n) is 6.03. The molecule has 2 rings (SSSR count). The topological polar surface area (TPSA) is 49.4 Å². The highest BCUT2D eigenvalue weighted by Crippen LogP contribution is 2.37. The van der Waals surface area contributed by atoms with E-state index in [0.717, 1.165) is 22.4 Å². The van der Waals surface area contributed by atoms with Crippen LogP contribution in [0.25, 0.3) is 10.9 Å². The molecule has 1 unspecified atom stereocenters. The maximum absolute atomic E-state index is 5.78. The summed E-state index contributed by atoms with van der Waals surface area (Å²) < 4.78 is 12.9. The van der Waals surface area contributed by atoms with Crippen molar-refractivity contribution in [3.05, 3.63) is 23.9 Å². The highest BCUT2D eigenvalue weighted by atomic mass is 16.5. The lowest BCUT2D eigenvalue weighted by Crippen LogP contribution is -2.08. The number of methoxy groups -OCH3 is 2. The molecule has 1 aromatic heterocycles. The van der Waals surface area contributed by atoms with Gasteiger partial charge in [-0.05, 0) is 18.0 Å². The Hall–Kier alpha value is -1.68.